The molecule has 0 radical (unpaired) electrons. The van der Waals surface area contributed by atoms with E-state index in [9.17, 15) is 18.0 Å². The van der Waals surface area contributed by atoms with Crippen molar-refractivity contribution in [1.29, 1.82) is 0 Å². The van der Waals surface area contributed by atoms with Crippen LogP contribution in [0.2, 0.25) is 0 Å². The Bertz CT molecular complexity index is 1270. The average Bonchev–Trinajstić information content (AvgIpc) is 2.87. The van der Waals surface area contributed by atoms with Crippen molar-refractivity contribution in [2.24, 2.45) is 0 Å². The molecule has 0 fully saturated rings. The molecule has 0 heterocycles. The largest absolute Gasteiger partial charge is 0.357 e. The Morgan fingerprint density at radius 3 is 1.97 bits per heavy atom. The second-order valence-electron chi connectivity index (χ2n) is 8.72. The highest BCUT2D eigenvalue weighted by Crippen LogP contribution is 2.26. The molecule has 0 aliphatic heterocycles. The van der Waals surface area contributed by atoms with Gasteiger partial charge in [0.25, 0.3) is 10.0 Å². The number of nitrogens with one attached hydrogen (secondary N) is 1. The van der Waals surface area contributed by atoms with Crippen LogP contribution >= 0.6 is 0 Å². The number of amides is 2. The Labute approximate surface area is 213 Å². The van der Waals surface area contributed by atoms with Crippen molar-refractivity contribution in [2.45, 2.75) is 44.7 Å². The van der Waals surface area contributed by atoms with Crippen LogP contribution in [0.25, 0.3) is 0 Å². The summed E-state index contributed by atoms with van der Waals surface area (Å²) in [5.41, 5.74) is 3.00. The van der Waals surface area contributed by atoms with E-state index in [1.807, 2.05) is 57.2 Å². The Balaban J connectivity index is 2.07. The third-order valence-corrected chi connectivity index (χ3v) is 7.72. The van der Waals surface area contributed by atoms with Crippen LogP contribution < -0.4 is 9.62 Å². The molecule has 0 bridgehead atoms. The van der Waals surface area contributed by atoms with Gasteiger partial charge < -0.3 is 10.2 Å². The van der Waals surface area contributed by atoms with Crippen LogP contribution in [-0.4, -0.2) is 44.8 Å². The molecule has 0 saturated carbocycles. The van der Waals surface area contributed by atoms with E-state index in [1.165, 1.54) is 24.1 Å². The predicted octanol–water partition coefficient (Wildman–Crippen LogP) is 4.05. The van der Waals surface area contributed by atoms with Crippen molar-refractivity contribution >= 4 is 27.5 Å². The van der Waals surface area contributed by atoms with Crippen molar-refractivity contribution < 1.29 is 18.0 Å². The van der Waals surface area contributed by atoms with E-state index in [2.05, 4.69) is 5.32 Å². The maximum absolute atomic E-state index is 13.8. The van der Waals surface area contributed by atoms with E-state index in [0.717, 1.165) is 21.0 Å². The van der Waals surface area contributed by atoms with Crippen LogP contribution in [0.15, 0.2) is 83.8 Å². The van der Waals surface area contributed by atoms with Crippen molar-refractivity contribution in [3.63, 3.8) is 0 Å². The fourth-order valence-corrected chi connectivity index (χ4v) is 5.63. The number of likely N-dealkylation sites (N-methyl/N-ethyl adjacent to an activating group) is 1. The molecular formula is C28H33N3O4S. The van der Waals surface area contributed by atoms with Crippen LogP contribution in [0.1, 0.15) is 30.0 Å². The van der Waals surface area contributed by atoms with Crippen molar-refractivity contribution in [3.05, 3.63) is 95.6 Å². The van der Waals surface area contributed by atoms with Gasteiger partial charge in [-0.3, -0.25) is 13.9 Å². The monoisotopic (exact) mass is 507 g/mol. The van der Waals surface area contributed by atoms with E-state index in [4.69, 9.17) is 0 Å². The zero-order chi connectivity index (χ0) is 26.3. The number of carbonyl (C=O) groups excluding carboxylic acids is 2. The molecule has 3 aromatic rings. The molecule has 36 heavy (non-hydrogen) atoms. The Morgan fingerprint density at radius 2 is 1.44 bits per heavy atom. The number of aryl methyl sites for hydroxylation is 2. The summed E-state index contributed by atoms with van der Waals surface area (Å²) in [5.74, 6) is -0.765. The number of nitrogens with zero attached hydrogens (tertiary/aromatic N) is 2. The van der Waals surface area contributed by atoms with Gasteiger partial charge in [0.05, 0.1) is 10.6 Å². The highest BCUT2D eigenvalue weighted by molar-refractivity contribution is 7.92. The summed E-state index contributed by atoms with van der Waals surface area (Å²) in [7, 11) is -2.54. The van der Waals surface area contributed by atoms with Crippen molar-refractivity contribution in [1.82, 2.24) is 10.2 Å². The molecule has 0 aliphatic rings. The molecule has 1 atom stereocenters. The topological polar surface area (TPSA) is 86.8 Å². The van der Waals surface area contributed by atoms with Crippen LogP contribution in [0, 0.1) is 13.8 Å². The standard InChI is InChI=1S/C28H33N3O4S/c1-5-26(28(33)29-4)30(19-23-12-8-6-9-13-23)27(32)20-31(24-17-21(2)16-22(3)18-24)36(34,35)25-14-10-7-11-15-25/h6-18,26H,5,19-20H2,1-4H3,(H,29,33)/t26-/m1/s1. The maximum Gasteiger partial charge on any atom is 0.264 e. The summed E-state index contributed by atoms with van der Waals surface area (Å²) in [6, 6.07) is 22.1. The quantitative estimate of drug-likeness (QED) is 0.449. The SMILES string of the molecule is CC[C@H](C(=O)NC)N(Cc1ccccc1)C(=O)CN(c1cc(C)cc(C)c1)S(=O)(=O)c1ccccc1. The Kier molecular flexibility index (Phi) is 8.88. The lowest BCUT2D eigenvalue weighted by Crippen LogP contribution is -2.51. The molecule has 190 valence electrons. The molecule has 0 aliphatic carbocycles. The second-order valence-corrected chi connectivity index (χ2v) is 10.6. The zero-order valence-electron chi connectivity index (χ0n) is 21.1. The first-order valence-electron chi connectivity index (χ1n) is 11.9. The van der Waals surface area contributed by atoms with E-state index >= 15 is 0 Å². The number of carbonyl (C=O) groups is 2. The number of benzene rings is 3. The van der Waals surface area contributed by atoms with Crippen molar-refractivity contribution in [3.8, 4) is 0 Å². The third-order valence-electron chi connectivity index (χ3n) is 5.93. The molecule has 0 spiro atoms. The van der Waals surface area contributed by atoms with Gasteiger partial charge in [-0.15, -0.1) is 0 Å². The van der Waals surface area contributed by atoms with Gasteiger partial charge in [-0.05, 0) is 61.2 Å². The zero-order valence-corrected chi connectivity index (χ0v) is 22.0. The minimum Gasteiger partial charge on any atom is -0.357 e. The molecule has 1 N–H and O–H groups in total. The lowest BCUT2D eigenvalue weighted by Gasteiger charge is -2.33. The van der Waals surface area contributed by atoms with Gasteiger partial charge in [0.2, 0.25) is 11.8 Å². The van der Waals surface area contributed by atoms with Gasteiger partial charge in [0, 0.05) is 13.6 Å². The number of hydrogen-bond donors (Lipinski definition) is 1. The maximum atomic E-state index is 13.8. The minimum atomic E-state index is -4.06. The summed E-state index contributed by atoms with van der Waals surface area (Å²) in [6.45, 7) is 5.32. The molecule has 3 aromatic carbocycles. The number of hydrogen-bond acceptors (Lipinski definition) is 4. The average molecular weight is 508 g/mol. The molecule has 0 unspecified atom stereocenters. The molecule has 3 rings (SSSR count). The predicted molar refractivity (Wildman–Crippen MR) is 142 cm³/mol. The van der Waals surface area contributed by atoms with Crippen LogP contribution in [0.4, 0.5) is 5.69 Å². The third kappa shape index (κ3) is 6.31. The number of sulfonamides is 1. The van der Waals surface area contributed by atoms with Gasteiger partial charge >= 0.3 is 0 Å². The lowest BCUT2D eigenvalue weighted by molar-refractivity contribution is -0.140. The molecule has 2 amide bonds. The van der Waals surface area contributed by atoms with Gasteiger partial charge in [-0.1, -0.05) is 61.5 Å². The van der Waals surface area contributed by atoms with Gasteiger partial charge in [0.1, 0.15) is 12.6 Å². The van der Waals surface area contributed by atoms with Gasteiger partial charge in [0.15, 0.2) is 0 Å². The summed E-state index contributed by atoms with van der Waals surface area (Å²) in [6.07, 6.45) is 0.382. The Hall–Kier alpha value is -3.65. The number of anilines is 1. The van der Waals surface area contributed by atoms with Crippen molar-refractivity contribution in [2.75, 3.05) is 17.9 Å². The van der Waals surface area contributed by atoms with Crippen LogP contribution in [-0.2, 0) is 26.2 Å². The first kappa shape index (κ1) is 26.9. The highest BCUT2D eigenvalue weighted by Gasteiger charge is 2.33. The fourth-order valence-electron chi connectivity index (χ4n) is 4.21. The van der Waals surface area contributed by atoms with Gasteiger partial charge in [-0.25, -0.2) is 8.42 Å². The highest BCUT2D eigenvalue weighted by atomic mass is 32.2. The van der Waals surface area contributed by atoms with Crippen LogP contribution in [0.3, 0.4) is 0 Å². The van der Waals surface area contributed by atoms with E-state index in [0.29, 0.717) is 12.1 Å². The summed E-state index contributed by atoms with van der Waals surface area (Å²) >= 11 is 0. The molecule has 8 heteroatoms. The van der Waals surface area contributed by atoms with E-state index < -0.39 is 28.5 Å². The second kappa shape index (κ2) is 11.9. The smallest absolute Gasteiger partial charge is 0.264 e. The molecule has 0 aromatic heterocycles. The summed E-state index contributed by atoms with van der Waals surface area (Å²) in [5, 5.41) is 2.63. The summed E-state index contributed by atoms with van der Waals surface area (Å²) in [4.78, 5) is 28.1. The molecular weight excluding hydrogens is 474 g/mol. The summed E-state index contributed by atoms with van der Waals surface area (Å²) < 4.78 is 28.7. The van der Waals surface area contributed by atoms with Crippen LogP contribution in [0.5, 0.6) is 0 Å². The first-order chi connectivity index (χ1) is 17.2. The fraction of sp³-hybridized carbons (Fsp3) is 0.286. The Morgan fingerprint density at radius 1 is 0.889 bits per heavy atom. The molecule has 0 saturated heterocycles. The minimum absolute atomic E-state index is 0.0879. The van der Waals surface area contributed by atoms with E-state index in [-0.39, 0.29) is 17.3 Å². The first-order valence-corrected chi connectivity index (χ1v) is 13.3. The van der Waals surface area contributed by atoms with Gasteiger partial charge in [-0.2, -0.15) is 0 Å². The number of rotatable bonds is 10. The molecule has 7 nitrogen and oxygen atoms in total. The lowest BCUT2D eigenvalue weighted by atomic mass is 10.1. The normalized spacial score (nSPS) is 12.0. The van der Waals surface area contributed by atoms with E-state index in [1.54, 1.807) is 30.3 Å².